The topological polar surface area (TPSA) is 43.9 Å². The Balaban J connectivity index is 1.48. The van der Waals surface area contributed by atoms with E-state index in [0.717, 1.165) is 31.6 Å². The number of carbonyl (C=O) groups is 2. The number of hydrogen-bond donors (Lipinski definition) is 0. The third kappa shape index (κ3) is 4.04. The van der Waals surface area contributed by atoms with Crippen LogP contribution in [0.15, 0.2) is 24.3 Å². The lowest BCUT2D eigenvalue weighted by atomic mass is 10.1. The minimum absolute atomic E-state index is 0.0173. The van der Waals surface area contributed by atoms with Crippen molar-refractivity contribution < 1.29 is 14.0 Å². The fourth-order valence-electron chi connectivity index (χ4n) is 3.36. The summed E-state index contributed by atoms with van der Waals surface area (Å²) >= 11 is 0. The molecule has 2 fully saturated rings. The first-order chi connectivity index (χ1) is 11.6. The molecular formula is C18H24FN3O2. The van der Waals surface area contributed by atoms with Crippen LogP contribution in [0.2, 0.25) is 0 Å². The molecule has 0 atom stereocenters. The summed E-state index contributed by atoms with van der Waals surface area (Å²) in [6.45, 7) is 4.17. The fourth-order valence-corrected chi connectivity index (χ4v) is 3.36. The third-order valence-corrected chi connectivity index (χ3v) is 4.84. The minimum Gasteiger partial charge on any atom is -0.368 e. The Morgan fingerprint density at radius 3 is 1.92 bits per heavy atom. The van der Waals surface area contributed by atoms with Crippen LogP contribution in [-0.2, 0) is 9.59 Å². The van der Waals surface area contributed by atoms with E-state index in [4.69, 9.17) is 0 Å². The number of hydrogen-bond acceptors (Lipinski definition) is 3. The summed E-state index contributed by atoms with van der Waals surface area (Å²) in [5.74, 6) is -0.367. The highest BCUT2D eigenvalue weighted by Crippen LogP contribution is 2.17. The van der Waals surface area contributed by atoms with Crippen LogP contribution in [0, 0.1) is 5.82 Å². The predicted molar refractivity (Wildman–Crippen MR) is 90.2 cm³/mol. The standard InChI is InChI=1S/C18H24FN3O2/c19-15-4-6-16(7-5-15)20-10-12-22(13-11-20)18(24)14-17(23)21-8-2-1-3-9-21/h4-7H,1-3,8-14H2. The molecule has 130 valence electrons. The van der Waals surface area contributed by atoms with Gasteiger partial charge in [0.25, 0.3) is 0 Å². The maximum atomic E-state index is 13.0. The van der Waals surface area contributed by atoms with Crippen LogP contribution in [0.3, 0.4) is 0 Å². The minimum atomic E-state index is -0.246. The van der Waals surface area contributed by atoms with Crippen molar-refractivity contribution in [3.8, 4) is 0 Å². The number of anilines is 1. The molecule has 6 heteroatoms. The van der Waals surface area contributed by atoms with Crippen LogP contribution in [0.4, 0.5) is 10.1 Å². The molecule has 0 saturated carbocycles. The normalized spacial score (nSPS) is 18.6. The third-order valence-electron chi connectivity index (χ3n) is 4.84. The van der Waals surface area contributed by atoms with E-state index in [9.17, 15) is 14.0 Å². The van der Waals surface area contributed by atoms with Gasteiger partial charge in [0.1, 0.15) is 12.2 Å². The zero-order chi connectivity index (χ0) is 16.9. The van der Waals surface area contributed by atoms with Gasteiger partial charge >= 0.3 is 0 Å². The molecular weight excluding hydrogens is 309 g/mol. The largest absolute Gasteiger partial charge is 0.368 e. The van der Waals surface area contributed by atoms with E-state index in [2.05, 4.69) is 4.90 Å². The van der Waals surface area contributed by atoms with Crippen LogP contribution in [0.25, 0.3) is 0 Å². The summed E-state index contributed by atoms with van der Waals surface area (Å²) in [7, 11) is 0. The Bertz CT molecular complexity index is 576. The molecule has 0 N–H and O–H groups in total. The van der Waals surface area contributed by atoms with Gasteiger partial charge in [-0.25, -0.2) is 4.39 Å². The van der Waals surface area contributed by atoms with Gasteiger partial charge in [-0.1, -0.05) is 0 Å². The van der Waals surface area contributed by atoms with Crippen molar-refractivity contribution in [1.82, 2.24) is 9.80 Å². The molecule has 5 nitrogen and oxygen atoms in total. The number of amides is 2. The highest BCUT2D eigenvalue weighted by Gasteiger charge is 2.25. The molecule has 1 aromatic carbocycles. The van der Waals surface area contributed by atoms with Crippen molar-refractivity contribution in [2.24, 2.45) is 0 Å². The summed E-state index contributed by atoms with van der Waals surface area (Å²) in [4.78, 5) is 30.3. The average molecular weight is 333 g/mol. The summed E-state index contributed by atoms with van der Waals surface area (Å²) in [5, 5.41) is 0. The van der Waals surface area contributed by atoms with E-state index < -0.39 is 0 Å². The molecule has 0 bridgehead atoms. The van der Waals surface area contributed by atoms with Crippen LogP contribution in [-0.4, -0.2) is 60.9 Å². The molecule has 24 heavy (non-hydrogen) atoms. The van der Waals surface area contributed by atoms with Crippen molar-refractivity contribution in [2.45, 2.75) is 25.7 Å². The Morgan fingerprint density at radius 2 is 1.33 bits per heavy atom. The number of carbonyl (C=O) groups excluding carboxylic acids is 2. The highest BCUT2D eigenvalue weighted by atomic mass is 19.1. The van der Waals surface area contributed by atoms with Crippen molar-refractivity contribution in [3.63, 3.8) is 0 Å². The van der Waals surface area contributed by atoms with Gasteiger partial charge < -0.3 is 14.7 Å². The van der Waals surface area contributed by atoms with Crippen LogP contribution < -0.4 is 4.90 Å². The summed E-state index contributed by atoms with van der Waals surface area (Å²) in [6.07, 6.45) is 3.23. The van der Waals surface area contributed by atoms with Crippen LogP contribution >= 0.6 is 0 Å². The number of benzene rings is 1. The first-order valence-electron chi connectivity index (χ1n) is 8.69. The Hall–Kier alpha value is -2.11. The summed E-state index contributed by atoms with van der Waals surface area (Å²) in [6, 6.07) is 6.41. The molecule has 0 aliphatic carbocycles. The Kier molecular flexibility index (Phi) is 5.33. The number of nitrogens with zero attached hydrogens (tertiary/aromatic N) is 3. The van der Waals surface area contributed by atoms with E-state index in [1.54, 1.807) is 17.0 Å². The molecule has 0 radical (unpaired) electrons. The van der Waals surface area contributed by atoms with Gasteiger partial charge in [-0.3, -0.25) is 9.59 Å². The second kappa shape index (κ2) is 7.64. The zero-order valence-corrected chi connectivity index (χ0v) is 13.9. The quantitative estimate of drug-likeness (QED) is 0.793. The van der Waals surface area contributed by atoms with E-state index in [1.165, 1.54) is 18.6 Å². The van der Waals surface area contributed by atoms with Gasteiger partial charge in [-0.05, 0) is 43.5 Å². The van der Waals surface area contributed by atoms with Gasteiger partial charge in [-0.2, -0.15) is 0 Å². The smallest absolute Gasteiger partial charge is 0.232 e. The lowest BCUT2D eigenvalue weighted by molar-refractivity contribution is -0.141. The van der Waals surface area contributed by atoms with Crippen molar-refractivity contribution >= 4 is 17.5 Å². The lowest BCUT2D eigenvalue weighted by Gasteiger charge is -2.36. The van der Waals surface area contributed by atoms with Gasteiger partial charge in [0.05, 0.1) is 0 Å². The van der Waals surface area contributed by atoms with Gasteiger partial charge in [0.15, 0.2) is 0 Å². The van der Waals surface area contributed by atoms with Gasteiger partial charge in [0, 0.05) is 45.0 Å². The van der Waals surface area contributed by atoms with E-state index >= 15 is 0 Å². The molecule has 3 rings (SSSR count). The first kappa shape index (κ1) is 16.7. The molecule has 0 unspecified atom stereocenters. The molecule has 2 heterocycles. The maximum Gasteiger partial charge on any atom is 0.232 e. The number of likely N-dealkylation sites (tertiary alicyclic amines) is 1. The fraction of sp³-hybridized carbons (Fsp3) is 0.556. The predicted octanol–water partition coefficient (Wildman–Crippen LogP) is 1.88. The maximum absolute atomic E-state index is 13.0. The Labute approximate surface area is 142 Å². The molecule has 2 aliphatic rings. The number of piperazine rings is 1. The average Bonchev–Trinajstić information content (AvgIpc) is 2.63. The summed E-state index contributed by atoms with van der Waals surface area (Å²) in [5.41, 5.74) is 0.966. The second-order valence-corrected chi connectivity index (χ2v) is 6.46. The second-order valence-electron chi connectivity index (χ2n) is 6.46. The molecule has 0 spiro atoms. The molecule has 2 saturated heterocycles. The first-order valence-corrected chi connectivity index (χ1v) is 8.69. The highest BCUT2D eigenvalue weighted by molar-refractivity contribution is 5.97. The van der Waals surface area contributed by atoms with E-state index in [-0.39, 0.29) is 24.1 Å². The SMILES string of the molecule is O=C(CC(=O)N1CCN(c2ccc(F)cc2)CC1)N1CCCCC1. The summed E-state index contributed by atoms with van der Waals surface area (Å²) < 4.78 is 13.0. The monoisotopic (exact) mass is 333 g/mol. The molecule has 0 aromatic heterocycles. The Morgan fingerprint density at radius 1 is 0.792 bits per heavy atom. The number of halogens is 1. The molecule has 2 aliphatic heterocycles. The zero-order valence-electron chi connectivity index (χ0n) is 13.9. The van der Waals surface area contributed by atoms with Crippen LogP contribution in [0.1, 0.15) is 25.7 Å². The van der Waals surface area contributed by atoms with Crippen molar-refractivity contribution in [3.05, 3.63) is 30.1 Å². The van der Waals surface area contributed by atoms with Gasteiger partial charge in [0.2, 0.25) is 11.8 Å². The number of piperidine rings is 1. The lowest BCUT2D eigenvalue weighted by Crippen LogP contribution is -2.50. The van der Waals surface area contributed by atoms with E-state index in [1.807, 2.05) is 4.90 Å². The van der Waals surface area contributed by atoms with E-state index in [0.29, 0.717) is 26.2 Å². The number of rotatable bonds is 3. The molecule has 1 aromatic rings. The molecule has 2 amide bonds. The van der Waals surface area contributed by atoms with Crippen LogP contribution in [0.5, 0.6) is 0 Å². The van der Waals surface area contributed by atoms with Crippen molar-refractivity contribution in [1.29, 1.82) is 0 Å². The van der Waals surface area contributed by atoms with Gasteiger partial charge in [-0.15, -0.1) is 0 Å². The van der Waals surface area contributed by atoms with Crippen molar-refractivity contribution in [2.75, 3.05) is 44.2 Å².